The summed E-state index contributed by atoms with van der Waals surface area (Å²) in [6.45, 7) is 0. The second-order valence-corrected chi connectivity index (χ2v) is 5.64. The summed E-state index contributed by atoms with van der Waals surface area (Å²) in [7, 11) is 2.03. The highest BCUT2D eigenvalue weighted by Gasteiger charge is 2.31. The van der Waals surface area contributed by atoms with E-state index in [1.54, 1.807) is 0 Å². The third-order valence-electron chi connectivity index (χ3n) is 4.57. The molecule has 3 rings (SSSR count). The molecule has 1 fully saturated rings. The molecular formula is C14H23N3O. The Morgan fingerprint density at radius 1 is 1.28 bits per heavy atom. The minimum Gasteiger partial charge on any atom is -0.391 e. The average molecular weight is 249 g/mol. The largest absolute Gasteiger partial charge is 0.391 e. The fourth-order valence-electron chi connectivity index (χ4n) is 3.54. The third kappa shape index (κ3) is 1.97. The number of hydrogen-bond donors (Lipinski definition) is 2. The summed E-state index contributed by atoms with van der Waals surface area (Å²) < 4.78 is 2.13. The van der Waals surface area contributed by atoms with Gasteiger partial charge in [0.1, 0.15) is 0 Å². The number of nitrogens with zero attached hydrogens (tertiary/aromatic N) is 2. The first-order chi connectivity index (χ1) is 8.81. The van der Waals surface area contributed by atoms with E-state index in [2.05, 4.69) is 15.1 Å². The smallest absolute Gasteiger partial charge is 0.0781 e. The van der Waals surface area contributed by atoms with Crippen LogP contribution in [0.25, 0.3) is 0 Å². The SMILES string of the molecule is CNC1CCCCc2c1cnn2C1CCCC1O. The Kier molecular flexibility index (Phi) is 3.39. The van der Waals surface area contributed by atoms with Crippen molar-refractivity contribution in [2.24, 2.45) is 0 Å². The van der Waals surface area contributed by atoms with Crippen molar-refractivity contribution in [3.8, 4) is 0 Å². The van der Waals surface area contributed by atoms with E-state index in [1.165, 1.54) is 30.5 Å². The Balaban J connectivity index is 1.95. The van der Waals surface area contributed by atoms with Gasteiger partial charge in [0.2, 0.25) is 0 Å². The molecule has 0 aliphatic heterocycles. The summed E-state index contributed by atoms with van der Waals surface area (Å²) in [5.74, 6) is 0. The van der Waals surface area contributed by atoms with Crippen molar-refractivity contribution < 1.29 is 5.11 Å². The Bertz CT molecular complexity index is 415. The van der Waals surface area contributed by atoms with Gasteiger partial charge in [-0.3, -0.25) is 4.68 Å². The second kappa shape index (κ2) is 5.02. The Morgan fingerprint density at radius 3 is 2.89 bits per heavy atom. The van der Waals surface area contributed by atoms with Crippen molar-refractivity contribution in [2.75, 3.05) is 7.05 Å². The van der Waals surface area contributed by atoms with Gasteiger partial charge in [-0.05, 0) is 45.6 Å². The first-order valence-corrected chi connectivity index (χ1v) is 7.23. The van der Waals surface area contributed by atoms with Gasteiger partial charge in [-0.2, -0.15) is 5.10 Å². The zero-order chi connectivity index (χ0) is 12.5. The molecule has 1 saturated carbocycles. The van der Waals surface area contributed by atoms with E-state index < -0.39 is 0 Å². The van der Waals surface area contributed by atoms with Crippen molar-refractivity contribution in [3.05, 3.63) is 17.5 Å². The topological polar surface area (TPSA) is 50.1 Å². The summed E-state index contributed by atoms with van der Waals surface area (Å²) in [4.78, 5) is 0. The molecule has 1 aromatic rings. The van der Waals surface area contributed by atoms with E-state index in [0.717, 1.165) is 25.7 Å². The molecule has 1 heterocycles. The highest BCUT2D eigenvalue weighted by molar-refractivity contribution is 5.24. The zero-order valence-electron chi connectivity index (χ0n) is 11.1. The van der Waals surface area contributed by atoms with Crippen molar-refractivity contribution >= 4 is 0 Å². The third-order valence-corrected chi connectivity index (χ3v) is 4.57. The normalized spacial score (nSPS) is 32.2. The van der Waals surface area contributed by atoms with Crippen molar-refractivity contribution in [1.29, 1.82) is 0 Å². The van der Waals surface area contributed by atoms with Crippen LogP contribution in [-0.4, -0.2) is 28.0 Å². The number of fused-ring (bicyclic) bond motifs is 1. The van der Waals surface area contributed by atoms with E-state index in [-0.39, 0.29) is 12.1 Å². The van der Waals surface area contributed by atoms with Gasteiger partial charge < -0.3 is 10.4 Å². The lowest BCUT2D eigenvalue weighted by atomic mass is 10.1. The van der Waals surface area contributed by atoms with Crippen LogP contribution in [0.2, 0.25) is 0 Å². The van der Waals surface area contributed by atoms with Crippen LogP contribution in [0, 0.1) is 0 Å². The fraction of sp³-hybridized carbons (Fsp3) is 0.786. The predicted molar refractivity (Wildman–Crippen MR) is 70.5 cm³/mol. The molecule has 2 aliphatic carbocycles. The van der Waals surface area contributed by atoms with Gasteiger partial charge in [0.25, 0.3) is 0 Å². The van der Waals surface area contributed by atoms with Gasteiger partial charge in [-0.25, -0.2) is 0 Å². The molecule has 2 N–H and O–H groups in total. The lowest BCUT2D eigenvalue weighted by molar-refractivity contribution is 0.128. The first kappa shape index (κ1) is 12.2. The van der Waals surface area contributed by atoms with E-state index in [0.29, 0.717) is 6.04 Å². The maximum absolute atomic E-state index is 10.1. The summed E-state index contributed by atoms with van der Waals surface area (Å²) in [6.07, 6.45) is 9.74. The quantitative estimate of drug-likeness (QED) is 0.788. The van der Waals surface area contributed by atoms with Crippen LogP contribution in [-0.2, 0) is 6.42 Å². The molecule has 3 atom stereocenters. The van der Waals surface area contributed by atoms with Crippen LogP contribution in [0.4, 0.5) is 0 Å². The summed E-state index contributed by atoms with van der Waals surface area (Å²) in [6, 6.07) is 0.652. The van der Waals surface area contributed by atoms with Crippen LogP contribution in [0.1, 0.15) is 61.9 Å². The molecule has 0 bridgehead atoms. The Hall–Kier alpha value is -0.870. The monoisotopic (exact) mass is 249 g/mol. The van der Waals surface area contributed by atoms with Gasteiger partial charge in [0.05, 0.1) is 18.3 Å². The molecular weight excluding hydrogens is 226 g/mol. The number of aliphatic hydroxyl groups is 1. The van der Waals surface area contributed by atoms with Gasteiger partial charge in [-0.15, -0.1) is 0 Å². The highest BCUT2D eigenvalue weighted by Crippen LogP contribution is 2.35. The molecule has 4 heteroatoms. The average Bonchev–Trinajstić information content (AvgIpc) is 2.90. The van der Waals surface area contributed by atoms with Crippen LogP contribution in [0.3, 0.4) is 0 Å². The number of nitrogens with one attached hydrogen (secondary N) is 1. The molecule has 0 saturated heterocycles. The van der Waals surface area contributed by atoms with Gasteiger partial charge in [0.15, 0.2) is 0 Å². The molecule has 0 spiro atoms. The van der Waals surface area contributed by atoms with Crippen molar-refractivity contribution in [1.82, 2.24) is 15.1 Å². The molecule has 4 nitrogen and oxygen atoms in total. The van der Waals surface area contributed by atoms with E-state index in [1.807, 2.05) is 13.2 Å². The number of aliphatic hydroxyl groups excluding tert-OH is 1. The minimum atomic E-state index is -0.203. The van der Waals surface area contributed by atoms with Crippen LogP contribution < -0.4 is 5.32 Å². The maximum atomic E-state index is 10.1. The number of hydrogen-bond acceptors (Lipinski definition) is 3. The van der Waals surface area contributed by atoms with E-state index in [4.69, 9.17) is 0 Å². The van der Waals surface area contributed by atoms with Gasteiger partial charge >= 0.3 is 0 Å². The molecule has 100 valence electrons. The van der Waals surface area contributed by atoms with E-state index >= 15 is 0 Å². The lowest BCUT2D eigenvalue weighted by Gasteiger charge is -2.19. The van der Waals surface area contributed by atoms with Crippen LogP contribution in [0.15, 0.2) is 6.20 Å². The number of aromatic nitrogens is 2. The Morgan fingerprint density at radius 2 is 2.17 bits per heavy atom. The van der Waals surface area contributed by atoms with Crippen LogP contribution in [0.5, 0.6) is 0 Å². The minimum absolute atomic E-state index is 0.203. The van der Waals surface area contributed by atoms with Crippen molar-refractivity contribution in [2.45, 2.75) is 63.1 Å². The molecule has 18 heavy (non-hydrogen) atoms. The van der Waals surface area contributed by atoms with Crippen molar-refractivity contribution in [3.63, 3.8) is 0 Å². The Labute approximate surface area is 108 Å². The number of rotatable bonds is 2. The standard InChI is InChI=1S/C14H23N3O/c1-15-11-5-2-3-6-12-10(11)9-16-17(12)13-7-4-8-14(13)18/h9,11,13-15,18H,2-8H2,1H3. The van der Waals surface area contributed by atoms with E-state index in [9.17, 15) is 5.11 Å². The van der Waals surface area contributed by atoms with Crippen LogP contribution >= 0.6 is 0 Å². The molecule has 2 aliphatic rings. The summed E-state index contributed by atoms with van der Waals surface area (Å²) >= 11 is 0. The fourth-order valence-corrected chi connectivity index (χ4v) is 3.54. The highest BCUT2D eigenvalue weighted by atomic mass is 16.3. The molecule has 0 amide bonds. The lowest BCUT2D eigenvalue weighted by Crippen LogP contribution is -2.22. The predicted octanol–water partition coefficient (Wildman–Crippen LogP) is 1.96. The summed E-state index contributed by atoms with van der Waals surface area (Å²) in [5, 5.41) is 18.1. The first-order valence-electron chi connectivity index (χ1n) is 7.23. The molecule has 0 radical (unpaired) electrons. The van der Waals surface area contributed by atoms with Gasteiger partial charge in [-0.1, -0.05) is 6.42 Å². The van der Waals surface area contributed by atoms with Gasteiger partial charge in [0, 0.05) is 17.3 Å². The molecule has 1 aromatic heterocycles. The summed E-state index contributed by atoms with van der Waals surface area (Å²) in [5.41, 5.74) is 2.71. The second-order valence-electron chi connectivity index (χ2n) is 5.64. The molecule has 0 aromatic carbocycles. The zero-order valence-corrected chi connectivity index (χ0v) is 11.1. The maximum Gasteiger partial charge on any atom is 0.0781 e. The molecule has 3 unspecified atom stereocenters.